The van der Waals surface area contributed by atoms with Crippen LogP contribution in [0, 0.1) is 0 Å². The molecule has 9 nitrogen and oxygen atoms in total. The van der Waals surface area contributed by atoms with E-state index in [0.717, 1.165) is 4.57 Å². The number of amides is 2. The SMILES string of the molecule is C=CCn1c(O)c(/C(CC)=N/NC(N)=O)c(=O)[nH]c1=O. The van der Waals surface area contributed by atoms with E-state index >= 15 is 0 Å². The number of aromatic nitrogens is 2. The van der Waals surface area contributed by atoms with Gasteiger partial charge in [-0.05, 0) is 6.42 Å². The fraction of sp³-hybridized carbons (Fsp3) is 0.273. The summed E-state index contributed by atoms with van der Waals surface area (Å²) in [5.74, 6) is -0.550. The summed E-state index contributed by atoms with van der Waals surface area (Å²) in [4.78, 5) is 36.0. The van der Waals surface area contributed by atoms with Crippen LogP contribution in [0.3, 0.4) is 0 Å². The lowest BCUT2D eigenvalue weighted by Crippen LogP contribution is -2.34. The Balaban J connectivity index is 3.50. The van der Waals surface area contributed by atoms with Gasteiger partial charge in [0.1, 0.15) is 5.56 Å². The van der Waals surface area contributed by atoms with E-state index in [1.165, 1.54) is 6.08 Å². The number of H-pyrrole nitrogens is 1. The van der Waals surface area contributed by atoms with Crippen molar-refractivity contribution in [2.24, 2.45) is 10.8 Å². The van der Waals surface area contributed by atoms with Crippen molar-refractivity contribution in [2.75, 3.05) is 0 Å². The van der Waals surface area contributed by atoms with E-state index in [0.29, 0.717) is 0 Å². The fourth-order valence-corrected chi connectivity index (χ4v) is 1.55. The van der Waals surface area contributed by atoms with E-state index in [2.05, 4.69) is 16.7 Å². The summed E-state index contributed by atoms with van der Waals surface area (Å²) in [5.41, 5.74) is 5.15. The molecular formula is C11H15N5O4. The molecule has 0 aliphatic rings. The normalized spacial score (nSPS) is 11.2. The number of nitrogens with one attached hydrogen (secondary N) is 2. The molecular weight excluding hydrogens is 266 g/mol. The molecule has 0 bridgehead atoms. The highest BCUT2D eigenvalue weighted by molar-refractivity contribution is 6.02. The molecule has 0 fully saturated rings. The highest BCUT2D eigenvalue weighted by atomic mass is 16.3. The number of carbonyl (C=O) groups excluding carboxylic acids is 1. The maximum absolute atomic E-state index is 11.8. The van der Waals surface area contributed by atoms with E-state index in [1.807, 2.05) is 5.43 Å². The molecule has 0 saturated carbocycles. The Labute approximate surface area is 113 Å². The third-order valence-electron chi connectivity index (χ3n) is 2.41. The summed E-state index contributed by atoms with van der Waals surface area (Å²) in [5, 5.41) is 13.7. The molecule has 5 N–H and O–H groups in total. The molecule has 0 aliphatic heterocycles. The van der Waals surface area contributed by atoms with E-state index in [-0.39, 0.29) is 24.2 Å². The van der Waals surface area contributed by atoms with Crippen molar-refractivity contribution in [3.05, 3.63) is 39.1 Å². The molecule has 108 valence electrons. The van der Waals surface area contributed by atoms with Gasteiger partial charge in [-0.15, -0.1) is 6.58 Å². The first-order chi connectivity index (χ1) is 9.42. The quantitative estimate of drug-likeness (QED) is 0.318. The maximum atomic E-state index is 11.8. The number of hydrogen-bond acceptors (Lipinski definition) is 5. The standard InChI is InChI=1S/C11H15N5O4/c1-3-5-16-9(18)7(8(17)13-11(16)20)6(4-2)14-15-10(12)19/h3,18H,1,4-5H2,2H3,(H3,12,15,19)(H,13,17,20)/b14-6+. The van der Waals surface area contributed by atoms with Crippen LogP contribution in [0.4, 0.5) is 4.79 Å². The first-order valence-corrected chi connectivity index (χ1v) is 5.71. The van der Waals surface area contributed by atoms with Crippen molar-refractivity contribution in [3.8, 4) is 5.88 Å². The van der Waals surface area contributed by atoms with Gasteiger partial charge in [0.15, 0.2) is 0 Å². The van der Waals surface area contributed by atoms with Gasteiger partial charge >= 0.3 is 11.7 Å². The van der Waals surface area contributed by atoms with Crippen LogP contribution in [-0.2, 0) is 6.54 Å². The van der Waals surface area contributed by atoms with Crippen molar-refractivity contribution >= 4 is 11.7 Å². The van der Waals surface area contributed by atoms with Crippen LogP contribution in [0.1, 0.15) is 18.9 Å². The number of nitrogens with two attached hydrogens (primary N) is 1. The molecule has 0 aromatic carbocycles. The minimum atomic E-state index is -0.911. The third-order valence-corrected chi connectivity index (χ3v) is 2.41. The molecule has 2 amide bonds. The summed E-state index contributed by atoms with van der Waals surface area (Å²) in [6, 6.07) is -0.911. The monoisotopic (exact) mass is 281 g/mol. The van der Waals surface area contributed by atoms with Gasteiger partial charge in [-0.2, -0.15) is 5.10 Å². The van der Waals surface area contributed by atoms with E-state index < -0.39 is 23.2 Å². The second kappa shape index (κ2) is 6.36. The number of carbonyl (C=O) groups is 1. The molecule has 0 aliphatic carbocycles. The number of nitrogens with zero attached hydrogens (tertiary/aromatic N) is 2. The minimum absolute atomic E-state index is 0.00862. The van der Waals surface area contributed by atoms with Crippen LogP contribution < -0.4 is 22.4 Å². The Morgan fingerprint density at radius 1 is 1.60 bits per heavy atom. The summed E-state index contributed by atoms with van der Waals surface area (Å²) >= 11 is 0. The maximum Gasteiger partial charge on any atom is 0.332 e. The number of aromatic amines is 1. The molecule has 1 heterocycles. The Bertz CT molecular complexity index is 670. The van der Waals surface area contributed by atoms with Gasteiger partial charge in [0.25, 0.3) is 5.56 Å². The Kier molecular flexibility index (Phi) is 4.84. The molecule has 1 aromatic rings. The van der Waals surface area contributed by atoms with E-state index in [9.17, 15) is 19.5 Å². The van der Waals surface area contributed by atoms with E-state index in [4.69, 9.17) is 5.73 Å². The Morgan fingerprint density at radius 2 is 2.25 bits per heavy atom. The predicted octanol–water partition coefficient (Wildman–Crippen LogP) is -0.789. The first kappa shape index (κ1) is 15.2. The van der Waals surface area contributed by atoms with Crippen molar-refractivity contribution < 1.29 is 9.90 Å². The van der Waals surface area contributed by atoms with Gasteiger partial charge in [0.05, 0.1) is 5.71 Å². The zero-order valence-electron chi connectivity index (χ0n) is 10.8. The number of hydrogen-bond donors (Lipinski definition) is 4. The number of allylic oxidation sites excluding steroid dienone is 1. The number of urea groups is 1. The van der Waals surface area contributed by atoms with Gasteiger partial charge in [-0.3, -0.25) is 14.3 Å². The van der Waals surface area contributed by atoms with Crippen molar-refractivity contribution in [1.82, 2.24) is 15.0 Å². The summed E-state index contributed by atoms with van der Waals surface area (Å²) in [7, 11) is 0. The smallest absolute Gasteiger partial charge is 0.332 e. The van der Waals surface area contributed by atoms with Crippen LogP contribution in [0.2, 0.25) is 0 Å². The topological polar surface area (TPSA) is 143 Å². The highest BCUT2D eigenvalue weighted by Gasteiger charge is 2.18. The van der Waals surface area contributed by atoms with Crippen LogP contribution in [0.15, 0.2) is 27.3 Å². The number of primary amides is 1. The van der Waals surface area contributed by atoms with Crippen LogP contribution in [0.25, 0.3) is 0 Å². The average Bonchev–Trinajstić information content (AvgIpc) is 2.37. The minimum Gasteiger partial charge on any atom is -0.494 e. The van der Waals surface area contributed by atoms with Crippen molar-refractivity contribution in [2.45, 2.75) is 19.9 Å². The van der Waals surface area contributed by atoms with Gasteiger partial charge < -0.3 is 10.8 Å². The molecule has 1 rings (SSSR count). The second-order valence-electron chi connectivity index (χ2n) is 3.75. The predicted molar refractivity (Wildman–Crippen MR) is 72.7 cm³/mol. The fourth-order valence-electron chi connectivity index (χ4n) is 1.55. The number of rotatable bonds is 5. The number of aromatic hydroxyl groups is 1. The zero-order valence-corrected chi connectivity index (χ0v) is 10.8. The van der Waals surface area contributed by atoms with Gasteiger partial charge in [0, 0.05) is 6.54 Å². The third kappa shape index (κ3) is 3.13. The Morgan fingerprint density at radius 3 is 2.75 bits per heavy atom. The van der Waals surface area contributed by atoms with Crippen LogP contribution >= 0.6 is 0 Å². The highest BCUT2D eigenvalue weighted by Crippen LogP contribution is 2.12. The largest absolute Gasteiger partial charge is 0.494 e. The molecule has 0 radical (unpaired) electrons. The lowest BCUT2D eigenvalue weighted by atomic mass is 10.1. The molecule has 1 aromatic heterocycles. The zero-order chi connectivity index (χ0) is 15.3. The van der Waals surface area contributed by atoms with E-state index in [1.54, 1.807) is 6.92 Å². The van der Waals surface area contributed by atoms with Crippen LogP contribution in [-0.4, -0.2) is 26.4 Å². The Hall–Kier alpha value is -2.84. The average molecular weight is 281 g/mol. The first-order valence-electron chi connectivity index (χ1n) is 5.71. The second-order valence-corrected chi connectivity index (χ2v) is 3.75. The van der Waals surface area contributed by atoms with Gasteiger partial charge in [-0.25, -0.2) is 15.0 Å². The van der Waals surface area contributed by atoms with Gasteiger partial charge in [-0.1, -0.05) is 13.0 Å². The molecule has 0 atom stereocenters. The lowest BCUT2D eigenvalue weighted by Gasteiger charge is -2.10. The summed E-state index contributed by atoms with van der Waals surface area (Å²) in [6.45, 7) is 5.11. The van der Waals surface area contributed by atoms with Crippen molar-refractivity contribution in [3.63, 3.8) is 0 Å². The molecule has 0 spiro atoms. The summed E-state index contributed by atoms with van der Waals surface area (Å²) < 4.78 is 0.916. The molecule has 9 heteroatoms. The summed E-state index contributed by atoms with van der Waals surface area (Å²) in [6.07, 6.45) is 1.61. The molecule has 0 saturated heterocycles. The lowest BCUT2D eigenvalue weighted by molar-refractivity contribution is 0.249. The van der Waals surface area contributed by atoms with Gasteiger partial charge in [0.2, 0.25) is 5.88 Å². The molecule has 0 unspecified atom stereocenters. The van der Waals surface area contributed by atoms with Crippen LogP contribution in [0.5, 0.6) is 5.88 Å². The van der Waals surface area contributed by atoms with Crippen molar-refractivity contribution in [1.29, 1.82) is 0 Å². The molecule has 20 heavy (non-hydrogen) atoms. The number of hydrazone groups is 1.